The van der Waals surface area contributed by atoms with Gasteiger partial charge in [0.1, 0.15) is 0 Å². The average molecular weight is 76.9 g/mol. The van der Waals surface area contributed by atoms with Gasteiger partial charge in [0.25, 0.3) is 0 Å². The van der Waals surface area contributed by atoms with Crippen LogP contribution in [0, 0.1) is 0 Å². The van der Waals surface area contributed by atoms with Gasteiger partial charge in [-0.3, -0.25) is 0 Å². The first-order valence-electron chi connectivity index (χ1n) is 1.85. The van der Waals surface area contributed by atoms with Gasteiger partial charge in [0.15, 0.2) is 0 Å². The zero-order valence-electron chi connectivity index (χ0n) is 3.33. The summed E-state index contributed by atoms with van der Waals surface area (Å²) in [5.74, 6) is 3.78. The topological polar surface area (TPSA) is 14.1 Å². The van der Waals surface area contributed by atoms with Crippen LogP contribution in [0.3, 0.4) is 0 Å². The van der Waals surface area contributed by atoms with Crippen LogP contribution in [-0.2, 0) is 0 Å². The molecule has 0 bridgehead atoms. The van der Waals surface area contributed by atoms with Gasteiger partial charge in [-0.05, 0) is 0 Å². The molecule has 0 saturated heterocycles. The molecule has 0 saturated carbocycles. The average Bonchev–Trinajstić information content (AvgIpc) is 1.72. The van der Waals surface area contributed by atoms with E-state index in [9.17, 15) is 0 Å². The minimum absolute atomic E-state index is 1.75. The Morgan fingerprint density at radius 2 is 2.50 bits per heavy atom. The molecule has 1 nitrogen and oxygen atoms in total. The van der Waals surface area contributed by atoms with Crippen LogP contribution in [0.1, 0.15) is 0 Å². The third-order valence-corrected chi connectivity index (χ3v) is 0.566. The first-order valence-corrected chi connectivity index (χ1v) is 1.85. The second kappa shape index (κ2) is 1.70. The van der Waals surface area contributed by atoms with E-state index in [0.717, 1.165) is 0 Å². The van der Waals surface area contributed by atoms with Crippen molar-refractivity contribution in [3.05, 3.63) is 12.2 Å². The van der Waals surface area contributed by atoms with E-state index < -0.39 is 0 Å². The summed E-state index contributed by atoms with van der Waals surface area (Å²) in [5, 5.41) is 0. The third-order valence-electron chi connectivity index (χ3n) is 0.566. The van der Waals surface area contributed by atoms with Crippen molar-refractivity contribution in [1.82, 2.24) is 4.99 Å². The van der Waals surface area contributed by atoms with Gasteiger partial charge < -0.3 is 0 Å². The summed E-state index contributed by atoms with van der Waals surface area (Å²) in [6, 6.07) is 0. The molecular weight excluding hydrogens is 72.9 g/mol. The quantitative estimate of drug-likeness (QED) is 0.342. The van der Waals surface area contributed by atoms with Crippen molar-refractivity contribution in [1.29, 1.82) is 0 Å². The number of rotatable bonds is 0. The molecule has 1 rings (SSSR count). The maximum absolute atomic E-state index is 3.78. The van der Waals surface area contributed by atoms with E-state index in [1.54, 1.807) is 12.4 Å². The molecule has 0 aromatic rings. The fraction of sp³-hybridized carbons (Fsp3) is 0. The molecule has 0 aromatic carbocycles. The first-order chi connectivity index (χ1) is 3.00. The van der Waals surface area contributed by atoms with Crippen LogP contribution < -0.4 is 4.99 Å². The summed E-state index contributed by atoms with van der Waals surface area (Å²) in [6.45, 7) is 1.94. The Balaban J connectivity index is 2.77. The van der Waals surface area contributed by atoms with Crippen LogP contribution in [-0.4, -0.2) is 19.1 Å². The number of nitrogens with zero attached hydrogens (tertiary/aromatic N) is 1. The number of hydrogen-bond donors (Lipinski definition) is 0. The molecule has 1 aliphatic heterocycles. The Bertz CT molecular complexity index is 76.9. The molecular formula is C4H4BN+. The Kier molecular flexibility index (Phi) is 1.00. The Morgan fingerprint density at radius 1 is 1.50 bits per heavy atom. The van der Waals surface area contributed by atoms with E-state index >= 15 is 0 Å². The predicted octanol–water partition coefficient (Wildman–Crippen LogP) is -0.616. The van der Waals surface area contributed by atoms with Gasteiger partial charge in [0.2, 0.25) is 0 Å². The number of hydrogen-bond acceptors (Lipinski definition) is 1. The zero-order chi connectivity index (χ0) is 4.24. The SMILES string of the molecule is B1=CC=[N+]C=C1. The van der Waals surface area contributed by atoms with Crippen LogP contribution in [0.25, 0.3) is 0 Å². The molecule has 0 unspecified atom stereocenters. The van der Waals surface area contributed by atoms with E-state index in [1.807, 2.05) is 18.9 Å². The molecule has 0 aromatic heterocycles. The molecule has 27 valence electrons. The summed E-state index contributed by atoms with van der Waals surface area (Å²) < 4.78 is 0. The van der Waals surface area contributed by atoms with Crippen LogP contribution in [0.15, 0.2) is 12.2 Å². The van der Waals surface area contributed by atoms with Crippen molar-refractivity contribution < 1.29 is 0 Å². The van der Waals surface area contributed by atoms with Crippen LogP contribution in [0.5, 0.6) is 0 Å². The molecule has 2 heteroatoms. The van der Waals surface area contributed by atoms with Crippen LogP contribution in [0.2, 0.25) is 0 Å². The second-order valence-corrected chi connectivity index (χ2v) is 1.02. The number of aliphatic imine (C=N–C) groups is 1. The minimum atomic E-state index is 1.75. The molecule has 0 amide bonds. The van der Waals surface area contributed by atoms with Crippen LogP contribution in [0.4, 0.5) is 0 Å². The van der Waals surface area contributed by atoms with Crippen molar-refractivity contribution in [3.8, 4) is 0 Å². The fourth-order valence-corrected chi connectivity index (χ4v) is 0.313. The van der Waals surface area contributed by atoms with Gasteiger partial charge in [-0.2, -0.15) is 0 Å². The summed E-state index contributed by atoms with van der Waals surface area (Å²) in [5.41, 5.74) is 0. The fourth-order valence-electron chi connectivity index (χ4n) is 0.313. The molecule has 0 N–H and O–H groups in total. The van der Waals surface area contributed by atoms with Crippen LogP contribution >= 0.6 is 0 Å². The predicted molar refractivity (Wildman–Crippen MR) is 29.2 cm³/mol. The van der Waals surface area contributed by atoms with Gasteiger partial charge in [-0.15, -0.1) is 0 Å². The van der Waals surface area contributed by atoms with E-state index in [1.165, 1.54) is 0 Å². The molecule has 1 aliphatic rings. The van der Waals surface area contributed by atoms with Gasteiger partial charge in [0.05, 0.1) is 0 Å². The Hall–Kier alpha value is -0.655. The Labute approximate surface area is 37.3 Å². The Morgan fingerprint density at radius 3 is 2.67 bits per heavy atom. The zero-order valence-corrected chi connectivity index (χ0v) is 3.33. The molecule has 0 atom stereocenters. The van der Waals surface area contributed by atoms with Crippen molar-refractivity contribution in [2.45, 2.75) is 0 Å². The van der Waals surface area contributed by atoms with Crippen molar-refractivity contribution in [2.24, 2.45) is 0 Å². The molecule has 6 heavy (non-hydrogen) atoms. The van der Waals surface area contributed by atoms with E-state index in [0.29, 0.717) is 0 Å². The normalized spacial score (nSPS) is 14.7. The first kappa shape index (κ1) is 3.53. The van der Waals surface area contributed by atoms with E-state index in [-0.39, 0.29) is 0 Å². The van der Waals surface area contributed by atoms with Gasteiger partial charge >= 0.3 is 36.3 Å². The third kappa shape index (κ3) is 0.644. The van der Waals surface area contributed by atoms with Gasteiger partial charge in [-0.1, -0.05) is 0 Å². The maximum atomic E-state index is 3.78. The van der Waals surface area contributed by atoms with Crippen molar-refractivity contribution in [2.75, 3.05) is 0 Å². The molecule has 0 spiro atoms. The summed E-state index contributed by atoms with van der Waals surface area (Å²) in [4.78, 5) is 3.78. The summed E-state index contributed by atoms with van der Waals surface area (Å²) >= 11 is 0. The summed E-state index contributed by atoms with van der Waals surface area (Å²) in [6.07, 6.45) is 3.50. The molecule has 1 radical (unpaired) electrons. The van der Waals surface area contributed by atoms with E-state index in [2.05, 4.69) is 4.99 Å². The van der Waals surface area contributed by atoms with E-state index in [4.69, 9.17) is 0 Å². The molecule has 1 heterocycles. The molecule has 0 aliphatic carbocycles. The van der Waals surface area contributed by atoms with Crippen molar-refractivity contribution >= 4 is 19.1 Å². The summed E-state index contributed by atoms with van der Waals surface area (Å²) in [7, 11) is 0. The van der Waals surface area contributed by atoms with Gasteiger partial charge in [0, 0.05) is 0 Å². The second-order valence-electron chi connectivity index (χ2n) is 1.02. The standard InChI is InChI=1S/C4H4BN/c1-3-6-4-2-5-1/h1-4H/q+1. The van der Waals surface area contributed by atoms with Gasteiger partial charge in [-0.25, -0.2) is 0 Å². The van der Waals surface area contributed by atoms with Crippen molar-refractivity contribution in [3.63, 3.8) is 0 Å². The monoisotopic (exact) mass is 77.0 g/mol. The molecule has 0 fully saturated rings.